The Kier molecular flexibility index (Phi) is 4.45. The van der Waals surface area contributed by atoms with Gasteiger partial charge in [-0.15, -0.1) is 0 Å². The van der Waals surface area contributed by atoms with Crippen LogP contribution in [-0.2, 0) is 11.8 Å². The maximum Gasteiger partial charge on any atom is 0.241 e. The van der Waals surface area contributed by atoms with Gasteiger partial charge in [-0.2, -0.15) is 5.10 Å². The number of likely N-dealkylation sites (N-methyl/N-ethyl adjacent to an activating group) is 1. The van der Waals surface area contributed by atoms with E-state index in [1.165, 1.54) is 0 Å². The van der Waals surface area contributed by atoms with Crippen molar-refractivity contribution in [3.63, 3.8) is 0 Å². The molecule has 1 atom stereocenters. The van der Waals surface area contributed by atoms with E-state index in [1.807, 2.05) is 19.0 Å². The lowest BCUT2D eigenvalue weighted by atomic mass is 10.1. The molecule has 0 aliphatic carbocycles. The minimum Gasteiger partial charge on any atom is -0.353 e. The van der Waals surface area contributed by atoms with Crippen LogP contribution in [0.4, 0.5) is 0 Å². The second-order valence-corrected chi connectivity index (χ2v) is 4.02. The molecule has 1 aromatic rings. The largest absolute Gasteiger partial charge is 0.353 e. The predicted octanol–water partition coefficient (Wildman–Crippen LogP) is -0.902. The molecule has 1 heterocycles. The first-order valence-electron chi connectivity index (χ1n) is 5.17. The molecule has 0 saturated heterocycles. The van der Waals surface area contributed by atoms with Crippen LogP contribution in [0, 0.1) is 0 Å². The van der Waals surface area contributed by atoms with Crippen LogP contribution in [0.1, 0.15) is 11.6 Å². The van der Waals surface area contributed by atoms with Crippen LogP contribution in [0.3, 0.4) is 0 Å². The lowest BCUT2D eigenvalue weighted by Crippen LogP contribution is -2.37. The number of aromatic nitrogens is 2. The van der Waals surface area contributed by atoms with Gasteiger partial charge in [0, 0.05) is 31.9 Å². The summed E-state index contributed by atoms with van der Waals surface area (Å²) in [5, 5.41) is 6.76. The first kappa shape index (κ1) is 12.7. The summed E-state index contributed by atoms with van der Waals surface area (Å²) in [5.74, 6) is -0.171. The van der Waals surface area contributed by atoms with Gasteiger partial charge in [-0.25, -0.2) is 0 Å². The summed E-state index contributed by atoms with van der Waals surface area (Å²) >= 11 is 0. The fraction of sp³-hybridized carbons (Fsp3) is 0.600. The summed E-state index contributed by atoms with van der Waals surface area (Å²) in [6, 6.07) is -0.643. The van der Waals surface area contributed by atoms with Gasteiger partial charge in [0.1, 0.15) is 6.04 Å². The highest BCUT2D eigenvalue weighted by Gasteiger charge is 2.16. The third-order valence-electron chi connectivity index (χ3n) is 2.22. The molecular weight excluding hydrogens is 206 g/mol. The number of nitrogens with one attached hydrogen (secondary N) is 1. The first-order valence-corrected chi connectivity index (χ1v) is 5.17. The van der Waals surface area contributed by atoms with Gasteiger partial charge in [-0.05, 0) is 14.1 Å². The lowest BCUT2D eigenvalue weighted by molar-refractivity contribution is -0.122. The highest BCUT2D eigenvalue weighted by molar-refractivity contribution is 5.82. The number of amides is 1. The standard InChI is InChI=1S/C10H19N5O/c1-14(2)5-4-12-10(16)9(11)8-6-13-15(3)7-8/h6-7,9H,4-5,11H2,1-3H3,(H,12,16). The molecule has 0 fully saturated rings. The van der Waals surface area contributed by atoms with Crippen molar-refractivity contribution in [1.82, 2.24) is 20.0 Å². The molecule has 0 bridgehead atoms. The van der Waals surface area contributed by atoms with Crippen molar-refractivity contribution in [3.8, 4) is 0 Å². The summed E-state index contributed by atoms with van der Waals surface area (Å²) in [5.41, 5.74) is 6.52. The minimum atomic E-state index is -0.643. The van der Waals surface area contributed by atoms with E-state index in [-0.39, 0.29) is 5.91 Å². The quantitative estimate of drug-likeness (QED) is 0.681. The Labute approximate surface area is 95.4 Å². The lowest BCUT2D eigenvalue weighted by Gasteiger charge is -2.13. The minimum absolute atomic E-state index is 0.171. The van der Waals surface area contributed by atoms with E-state index in [0.29, 0.717) is 6.54 Å². The number of hydrogen-bond donors (Lipinski definition) is 2. The number of nitrogens with two attached hydrogens (primary N) is 1. The van der Waals surface area contributed by atoms with Gasteiger partial charge < -0.3 is 16.0 Å². The van der Waals surface area contributed by atoms with Crippen molar-refractivity contribution in [3.05, 3.63) is 18.0 Å². The predicted molar refractivity (Wildman–Crippen MR) is 61.7 cm³/mol. The molecule has 1 rings (SSSR count). The Hall–Kier alpha value is -1.40. The van der Waals surface area contributed by atoms with Gasteiger partial charge in [-0.1, -0.05) is 0 Å². The number of rotatable bonds is 5. The summed E-state index contributed by atoms with van der Waals surface area (Å²) in [4.78, 5) is 13.6. The number of carbonyl (C=O) groups excluding carboxylic acids is 1. The Bertz CT molecular complexity index is 347. The molecular formula is C10H19N5O. The number of hydrogen-bond acceptors (Lipinski definition) is 4. The van der Waals surface area contributed by atoms with Gasteiger partial charge >= 0.3 is 0 Å². The van der Waals surface area contributed by atoms with Crippen LogP contribution < -0.4 is 11.1 Å². The zero-order chi connectivity index (χ0) is 12.1. The van der Waals surface area contributed by atoms with E-state index < -0.39 is 6.04 Å². The molecule has 0 radical (unpaired) electrons. The van der Waals surface area contributed by atoms with Gasteiger partial charge in [0.2, 0.25) is 5.91 Å². The van der Waals surface area contributed by atoms with Crippen molar-refractivity contribution in [2.24, 2.45) is 12.8 Å². The second kappa shape index (κ2) is 5.62. The number of carbonyl (C=O) groups is 1. The van der Waals surface area contributed by atoms with Gasteiger partial charge in [0.05, 0.1) is 6.20 Å². The summed E-state index contributed by atoms with van der Waals surface area (Å²) in [6.45, 7) is 1.39. The molecule has 1 unspecified atom stereocenters. The Morgan fingerprint density at radius 1 is 1.69 bits per heavy atom. The molecule has 16 heavy (non-hydrogen) atoms. The van der Waals surface area contributed by atoms with E-state index >= 15 is 0 Å². The second-order valence-electron chi connectivity index (χ2n) is 4.02. The average Bonchev–Trinajstić information content (AvgIpc) is 2.63. The van der Waals surface area contributed by atoms with E-state index in [1.54, 1.807) is 24.1 Å². The third kappa shape index (κ3) is 3.63. The van der Waals surface area contributed by atoms with Gasteiger partial charge in [0.15, 0.2) is 0 Å². The fourth-order valence-corrected chi connectivity index (χ4v) is 1.26. The van der Waals surface area contributed by atoms with E-state index in [4.69, 9.17) is 5.73 Å². The molecule has 6 heteroatoms. The Morgan fingerprint density at radius 2 is 2.38 bits per heavy atom. The third-order valence-corrected chi connectivity index (χ3v) is 2.22. The smallest absolute Gasteiger partial charge is 0.241 e. The zero-order valence-electron chi connectivity index (χ0n) is 9.97. The topological polar surface area (TPSA) is 76.2 Å². The van der Waals surface area contributed by atoms with Crippen LogP contribution >= 0.6 is 0 Å². The molecule has 6 nitrogen and oxygen atoms in total. The summed E-state index contributed by atoms with van der Waals surface area (Å²) < 4.78 is 1.63. The van der Waals surface area contributed by atoms with Crippen LogP contribution in [0.5, 0.6) is 0 Å². The Morgan fingerprint density at radius 3 is 2.88 bits per heavy atom. The molecule has 1 aromatic heterocycles. The van der Waals surface area contributed by atoms with Gasteiger partial charge in [-0.3, -0.25) is 9.48 Å². The molecule has 0 spiro atoms. The molecule has 0 aliphatic heterocycles. The zero-order valence-corrected chi connectivity index (χ0v) is 9.97. The van der Waals surface area contributed by atoms with Crippen LogP contribution in [0.25, 0.3) is 0 Å². The normalized spacial score (nSPS) is 12.8. The van der Waals surface area contributed by atoms with E-state index in [0.717, 1.165) is 12.1 Å². The van der Waals surface area contributed by atoms with Crippen molar-refractivity contribution in [1.29, 1.82) is 0 Å². The maximum absolute atomic E-state index is 11.6. The van der Waals surface area contributed by atoms with Crippen molar-refractivity contribution in [2.45, 2.75) is 6.04 Å². The Balaban J connectivity index is 2.42. The molecule has 3 N–H and O–H groups in total. The summed E-state index contributed by atoms with van der Waals surface area (Å²) in [7, 11) is 5.70. The monoisotopic (exact) mass is 225 g/mol. The SMILES string of the molecule is CN(C)CCNC(=O)C(N)c1cnn(C)c1. The van der Waals surface area contributed by atoms with Crippen molar-refractivity contribution >= 4 is 5.91 Å². The van der Waals surface area contributed by atoms with E-state index in [9.17, 15) is 4.79 Å². The average molecular weight is 225 g/mol. The highest BCUT2D eigenvalue weighted by atomic mass is 16.2. The van der Waals surface area contributed by atoms with Crippen LogP contribution in [-0.4, -0.2) is 47.8 Å². The van der Waals surface area contributed by atoms with Crippen molar-refractivity contribution in [2.75, 3.05) is 27.2 Å². The van der Waals surface area contributed by atoms with Crippen LogP contribution in [0.15, 0.2) is 12.4 Å². The molecule has 0 aliphatic rings. The van der Waals surface area contributed by atoms with Crippen LogP contribution in [0.2, 0.25) is 0 Å². The molecule has 1 amide bonds. The fourth-order valence-electron chi connectivity index (χ4n) is 1.26. The summed E-state index contributed by atoms with van der Waals surface area (Å²) in [6.07, 6.45) is 3.35. The number of aryl methyl sites for hydroxylation is 1. The molecule has 0 aromatic carbocycles. The number of nitrogens with zero attached hydrogens (tertiary/aromatic N) is 3. The first-order chi connectivity index (χ1) is 7.50. The highest BCUT2D eigenvalue weighted by Crippen LogP contribution is 2.07. The van der Waals surface area contributed by atoms with Gasteiger partial charge in [0.25, 0.3) is 0 Å². The molecule has 0 saturated carbocycles. The van der Waals surface area contributed by atoms with Crippen molar-refractivity contribution < 1.29 is 4.79 Å². The maximum atomic E-state index is 11.6. The molecule has 90 valence electrons. The van der Waals surface area contributed by atoms with E-state index in [2.05, 4.69) is 10.4 Å².